The number of piperidine rings is 1. The van der Waals surface area contributed by atoms with Crippen molar-refractivity contribution in [3.8, 4) is 0 Å². The largest absolute Gasteiger partial charge is 0.334 e. The third-order valence-electron chi connectivity index (χ3n) is 4.99. The molecular weight excluding hydrogens is 268 g/mol. The Balaban J connectivity index is 1.81. The standard InChI is InChI=1S/C16H24N2OS/c1-2-16(8-5-9-17-12-16)15(19)18-10-3-6-13(18)14-7-4-11-20-14/h4,7,11,13,17H,2-3,5-6,8-10,12H2,1H3. The molecule has 2 atom stereocenters. The monoisotopic (exact) mass is 292 g/mol. The lowest BCUT2D eigenvalue weighted by Gasteiger charge is -2.40. The van der Waals surface area contributed by atoms with Gasteiger partial charge in [0, 0.05) is 18.0 Å². The van der Waals surface area contributed by atoms with Crippen LogP contribution in [0.4, 0.5) is 0 Å². The molecule has 2 saturated heterocycles. The van der Waals surface area contributed by atoms with Crippen LogP contribution in [0.15, 0.2) is 17.5 Å². The van der Waals surface area contributed by atoms with Crippen molar-refractivity contribution in [3.05, 3.63) is 22.4 Å². The van der Waals surface area contributed by atoms with E-state index in [4.69, 9.17) is 0 Å². The molecule has 0 radical (unpaired) electrons. The Labute approximate surface area is 125 Å². The molecule has 2 fully saturated rings. The van der Waals surface area contributed by atoms with Crippen LogP contribution in [0.5, 0.6) is 0 Å². The molecular formula is C16H24N2OS. The fourth-order valence-corrected chi connectivity index (χ4v) is 4.57. The van der Waals surface area contributed by atoms with Gasteiger partial charge in [-0.05, 0) is 50.1 Å². The smallest absolute Gasteiger partial charge is 0.230 e. The van der Waals surface area contributed by atoms with Gasteiger partial charge in [-0.15, -0.1) is 11.3 Å². The number of thiophene rings is 1. The Hall–Kier alpha value is -0.870. The summed E-state index contributed by atoms with van der Waals surface area (Å²) in [5, 5.41) is 5.55. The predicted molar refractivity (Wildman–Crippen MR) is 82.8 cm³/mol. The number of carbonyl (C=O) groups excluding carboxylic acids is 1. The zero-order valence-corrected chi connectivity index (χ0v) is 13.0. The second-order valence-corrected chi connectivity index (χ2v) is 7.07. The number of nitrogens with zero attached hydrogens (tertiary/aromatic N) is 1. The number of likely N-dealkylation sites (tertiary alicyclic amines) is 1. The van der Waals surface area contributed by atoms with Crippen molar-refractivity contribution >= 4 is 17.2 Å². The van der Waals surface area contributed by atoms with E-state index in [1.807, 2.05) is 0 Å². The topological polar surface area (TPSA) is 32.3 Å². The van der Waals surface area contributed by atoms with Gasteiger partial charge in [-0.2, -0.15) is 0 Å². The highest BCUT2D eigenvalue weighted by atomic mass is 32.1. The van der Waals surface area contributed by atoms with Crippen LogP contribution in [0.1, 0.15) is 49.9 Å². The molecule has 2 aliphatic heterocycles. The highest BCUT2D eigenvalue weighted by Crippen LogP contribution is 2.40. The molecule has 3 heterocycles. The third kappa shape index (κ3) is 2.40. The lowest BCUT2D eigenvalue weighted by Crippen LogP contribution is -2.51. The van der Waals surface area contributed by atoms with Crippen LogP contribution in [0.2, 0.25) is 0 Å². The van der Waals surface area contributed by atoms with Crippen molar-refractivity contribution in [1.29, 1.82) is 0 Å². The maximum Gasteiger partial charge on any atom is 0.230 e. The van der Waals surface area contributed by atoms with E-state index in [0.717, 1.165) is 51.7 Å². The van der Waals surface area contributed by atoms with Gasteiger partial charge in [-0.25, -0.2) is 0 Å². The Kier molecular flexibility index (Phi) is 4.13. The summed E-state index contributed by atoms with van der Waals surface area (Å²) in [6.07, 6.45) is 5.38. The lowest BCUT2D eigenvalue weighted by atomic mass is 9.77. The molecule has 1 N–H and O–H groups in total. The molecule has 0 aromatic carbocycles. The minimum absolute atomic E-state index is 0.155. The molecule has 0 aliphatic carbocycles. The van der Waals surface area contributed by atoms with E-state index in [1.54, 1.807) is 11.3 Å². The van der Waals surface area contributed by atoms with E-state index in [1.165, 1.54) is 4.88 Å². The van der Waals surface area contributed by atoms with Crippen LogP contribution in [0.3, 0.4) is 0 Å². The predicted octanol–water partition coefficient (Wildman–Crippen LogP) is 3.19. The Morgan fingerprint density at radius 2 is 2.45 bits per heavy atom. The minimum atomic E-state index is -0.155. The number of rotatable bonds is 3. The van der Waals surface area contributed by atoms with E-state index >= 15 is 0 Å². The molecule has 0 bridgehead atoms. The summed E-state index contributed by atoms with van der Waals surface area (Å²) in [7, 11) is 0. The lowest BCUT2D eigenvalue weighted by molar-refractivity contribution is -0.144. The van der Waals surface area contributed by atoms with Crippen molar-refractivity contribution in [2.45, 2.75) is 45.1 Å². The minimum Gasteiger partial charge on any atom is -0.334 e. The summed E-state index contributed by atoms with van der Waals surface area (Å²) >= 11 is 1.78. The first-order chi connectivity index (χ1) is 9.77. The molecule has 2 unspecified atom stereocenters. The Morgan fingerprint density at radius 1 is 1.55 bits per heavy atom. The van der Waals surface area contributed by atoms with Crippen LogP contribution >= 0.6 is 11.3 Å². The summed E-state index contributed by atoms with van der Waals surface area (Å²) in [5.41, 5.74) is -0.155. The van der Waals surface area contributed by atoms with Gasteiger partial charge in [-0.1, -0.05) is 13.0 Å². The van der Waals surface area contributed by atoms with Gasteiger partial charge in [-0.3, -0.25) is 4.79 Å². The van der Waals surface area contributed by atoms with Gasteiger partial charge in [0.25, 0.3) is 0 Å². The summed E-state index contributed by atoms with van der Waals surface area (Å²) in [5.74, 6) is 0.392. The number of hydrogen-bond donors (Lipinski definition) is 1. The Bertz CT molecular complexity index is 451. The molecule has 20 heavy (non-hydrogen) atoms. The fourth-order valence-electron chi connectivity index (χ4n) is 3.69. The van der Waals surface area contributed by atoms with Crippen molar-refractivity contribution in [2.75, 3.05) is 19.6 Å². The van der Waals surface area contributed by atoms with Crippen LogP contribution < -0.4 is 5.32 Å². The average molecular weight is 292 g/mol. The van der Waals surface area contributed by atoms with Gasteiger partial charge in [0.15, 0.2) is 0 Å². The molecule has 0 spiro atoms. The number of hydrogen-bond acceptors (Lipinski definition) is 3. The van der Waals surface area contributed by atoms with E-state index in [-0.39, 0.29) is 5.41 Å². The van der Waals surface area contributed by atoms with Crippen molar-refractivity contribution in [3.63, 3.8) is 0 Å². The molecule has 2 aliphatic rings. The van der Waals surface area contributed by atoms with Crippen molar-refractivity contribution in [2.24, 2.45) is 5.41 Å². The average Bonchev–Trinajstić information content (AvgIpc) is 3.17. The number of carbonyl (C=O) groups is 1. The molecule has 4 heteroatoms. The SMILES string of the molecule is CCC1(C(=O)N2CCCC2c2cccs2)CCCNC1. The molecule has 3 rings (SSSR count). The van der Waals surface area contributed by atoms with Crippen LogP contribution in [0, 0.1) is 5.41 Å². The van der Waals surface area contributed by atoms with Crippen LogP contribution in [-0.2, 0) is 4.79 Å². The molecule has 1 aromatic heterocycles. The van der Waals surface area contributed by atoms with Crippen LogP contribution in [-0.4, -0.2) is 30.4 Å². The molecule has 0 saturated carbocycles. The maximum atomic E-state index is 13.1. The van der Waals surface area contributed by atoms with E-state index in [2.05, 4.69) is 34.7 Å². The molecule has 1 amide bonds. The first-order valence-electron chi connectivity index (χ1n) is 7.82. The highest BCUT2D eigenvalue weighted by Gasteiger charge is 2.44. The second-order valence-electron chi connectivity index (χ2n) is 6.09. The zero-order chi connectivity index (χ0) is 14.0. The first-order valence-corrected chi connectivity index (χ1v) is 8.70. The quantitative estimate of drug-likeness (QED) is 0.928. The maximum absolute atomic E-state index is 13.1. The van der Waals surface area contributed by atoms with Crippen molar-refractivity contribution in [1.82, 2.24) is 10.2 Å². The summed E-state index contributed by atoms with van der Waals surface area (Å²) in [6.45, 7) is 5.02. The summed E-state index contributed by atoms with van der Waals surface area (Å²) < 4.78 is 0. The van der Waals surface area contributed by atoms with Gasteiger partial charge in [0.1, 0.15) is 0 Å². The molecule has 3 nitrogen and oxygen atoms in total. The van der Waals surface area contributed by atoms with Crippen LogP contribution in [0.25, 0.3) is 0 Å². The summed E-state index contributed by atoms with van der Waals surface area (Å²) in [4.78, 5) is 16.7. The zero-order valence-electron chi connectivity index (χ0n) is 12.2. The molecule has 110 valence electrons. The van der Waals surface area contributed by atoms with Gasteiger partial charge in [0.2, 0.25) is 5.91 Å². The Morgan fingerprint density at radius 3 is 3.10 bits per heavy atom. The highest BCUT2D eigenvalue weighted by molar-refractivity contribution is 7.10. The van der Waals surface area contributed by atoms with Gasteiger partial charge in [0.05, 0.1) is 11.5 Å². The van der Waals surface area contributed by atoms with E-state index in [0.29, 0.717) is 11.9 Å². The number of amides is 1. The third-order valence-corrected chi connectivity index (χ3v) is 5.96. The molecule has 1 aromatic rings. The normalized spacial score (nSPS) is 30.6. The van der Waals surface area contributed by atoms with E-state index < -0.39 is 0 Å². The fraction of sp³-hybridized carbons (Fsp3) is 0.688. The van der Waals surface area contributed by atoms with Crippen molar-refractivity contribution < 1.29 is 4.79 Å². The van der Waals surface area contributed by atoms with E-state index in [9.17, 15) is 4.79 Å². The first kappa shape index (κ1) is 14.1. The van der Waals surface area contributed by atoms with Gasteiger partial charge >= 0.3 is 0 Å². The van der Waals surface area contributed by atoms with Gasteiger partial charge < -0.3 is 10.2 Å². The number of nitrogens with one attached hydrogen (secondary N) is 1. The summed E-state index contributed by atoms with van der Waals surface area (Å²) in [6, 6.07) is 4.60. The second kappa shape index (κ2) is 5.86.